The van der Waals surface area contributed by atoms with Gasteiger partial charge in [-0.05, 0) is 48.4 Å². The van der Waals surface area contributed by atoms with E-state index in [4.69, 9.17) is 16.9 Å². The third kappa shape index (κ3) is 18.2. The fraction of sp³-hybridized carbons (Fsp3) is 0.373. The topological polar surface area (TPSA) is 373 Å². The number of aromatic amines is 2. The number of rotatable bonds is 15. The van der Waals surface area contributed by atoms with Gasteiger partial charge in [-0.25, -0.2) is 9.78 Å². The van der Waals surface area contributed by atoms with Gasteiger partial charge in [-0.1, -0.05) is 100 Å². The summed E-state index contributed by atoms with van der Waals surface area (Å²) < 4.78 is 0. The summed E-state index contributed by atoms with van der Waals surface area (Å²) in [4.78, 5) is 122. The molecule has 7 atom stereocenters. The number of fused-ring (bicyclic) bond motifs is 1. The Morgan fingerprint density at radius 2 is 1.36 bits per heavy atom. The molecule has 7 amide bonds. The van der Waals surface area contributed by atoms with Crippen LogP contribution in [-0.2, 0) is 64.0 Å². The molecular weight excluding hydrogens is 1020 g/mol. The Hall–Kier alpha value is -7.90. The smallest absolute Gasteiger partial charge is 0.327 e. The number of amides is 7. The molecule has 76 heavy (non-hydrogen) atoms. The van der Waals surface area contributed by atoms with Gasteiger partial charge in [0.1, 0.15) is 36.3 Å². The fourth-order valence-corrected chi connectivity index (χ4v) is 10.5. The van der Waals surface area contributed by atoms with Crippen LogP contribution < -0.4 is 54.0 Å². The summed E-state index contributed by atoms with van der Waals surface area (Å²) in [6.07, 6.45) is 4.61. The largest absolute Gasteiger partial charge is 0.480 e. The minimum atomic E-state index is -1.42. The molecule has 1 saturated heterocycles. The van der Waals surface area contributed by atoms with E-state index in [0.717, 1.165) is 38.1 Å². The number of guanidine groups is 1. The molecule has 0 spiro atoms. The highest BCUT2D eigenvalue weighted by atomic mass is 33.1. The molecule has 25 heteroatoms. The number of H-pyrrole nitrogens is 2. The van der Waals surface area contributed by atoms with Crippen molar-refractivity contribution in [3.05, 3.63) is 126 Å². The molecule has 1 fully saturated rings. The number of hydrogen-bond acceptors (Lipinski definition) is 13. The Morgan fingerprint density at radius 3 is 2.04 bits per heavy atom. The summed E-state index contributed by atoms with van der Waals surface area (Å²) in [7, 11) is 2.06. The molecular formula is C51H64N14O9S2. The van der Waals surface area contributed by atoms with E-state index in [0.29, 0.717) is 16.8 Å². The molecule has 5 aromatic rings. The molecule has 0 radical (unpaired) electrons. The number of hydrogen-bond donors (Lipinski definition) is 14. The van der Waals surface area contributed by atoms with Gasteiger partial charge in [-0.3, -0.25) is 39.0 Å². The molecule has 3 heterocycles. The minimum Gasteiger partial charge on any atom is -0.480 e. The quantitative estimate of drug-likeness (QED) is 0.0285. The maximum absolute atomic E-state index is 14.7. The zero-order valence-electron chi connectivity index (χ0n) is 41.5. The molecule has 23 nitrogen and oxygen atoms in total. The van der Waals surface area contributed by atoms with Crippen LogP contribution in [0.4, 0.5) is 0 Å². The number of carboxylic acids is 1. The van der Waals surface area contributed by atoms with Crippen LogP contribution in [0.25, 0.3) is 10.9 Å². The predicted octanol–water partition coefficient (Wildman–Crippen LogP) is 0.0370. The van der Waals surface area contributed by atoms with E-state index in [9.17, 15) is 43.5 Å². The maximum atomic E-state index is 14.7. The Balaban J connectivity index is 1.33. The standard InChI is InChI=1S/C51H64N14O9S2/c52-35(21-30-11-3-1-4-12-30)44(67)65-41-27-75-76-28-42(50(73)74)60-43(66)18-10-19-56-45(68)39(23-32-25-58-36-16-8-7-15-34(32)36)63-46(69)37(17-9-20-57-51(53)54)61-47(70)38(22-31-13-5-2-6-14-31)62-48(71)40(64-49(41)72)24-33-26-55-29-59-33/h1-8,11-16,25-26,29,35,37-42,58H,9-10,17-24,27-28,52H2,(H,55,59)(H,56,68)(H,60,66)(H,61,70)(H,62,71)(H,63,69)(H,64,72)(H,65,67)(H,73,74)(H4,53,54,57)/t35-,37-,38+,39-,40-,41-,42+/m0/s1. The van der Waals surface area contributed by atoms with Gasteiger partial charge in [-0.15, -0.1) is 0 Å². The fourth-order valence-electron chi connectivity index (χ4n) is 8.18. The van der Waals surface area contributed by atoms with E-state index in [1.807, 2.05) is 30.3 Å². The summed E-state index contributed by atoms with van der Waals surface area (Å²) >= 11 is 0. The van der Waals surface area contributed by atoms with Gasteiger partial charge in [0.15, 0.2) is 5.96 Å². The molecule has 16 N–H and O–H groups in total. The predicted molar refractivity (Wildman–Crippen MR) is 288 cm³/mol. The second-order valence-electron chi connectivity index (χ2n) is 18.0. The van der Waals surface area contributed by atoms with E-state index in [-0.39, 0.29) is 81.9 Å². The van der Waals surface area contributed by atoms with Gasteiger partial charge >= 0.3 is 5.97 Å². The van der Waals surface area contributed by atoms with Gasteiger partial charge < -0.3 is 69.1 Å². The van der Waals surface area contributed by atoms with Crippen molar-refractivity contribution in [2.24, 2.45) is 11.5 Å². The van der Waals surface area contributed by atoms with E-state index in [2.05, 4.69) is 57.5 Å². The minimum absolute atomic E-state index is 0.00539. The highest BCUT2D eigenvalue weighted by Crippen LogP contribution is 2.24. The number of para-hydroxylation sites is 1. The number of benzene rings is 3. The number of nitrogens with one attached hydrogen (secondary N) is 11. The summed E-state index contributed by atoms with van der Waals surface area (Å²) in [6.45, 7) is 0.114. The van der Waals surface area contributed by atoms with Crippen molar-refractivity contribution >= 4 is 85.8 Å². The van der Waals surface area contributed by atoms with Crippen molar-refractivity contribution in [3.63, 3.8) is 0 Å². The lowest BCUT2D eigenvalue weighted by Gasteiger charge is -2.27. The molecule has 404 valence electrons. The first-order chi connectivity index (χ1) is 36.6. The molecule has 2 aromatic heterocycles. The van der Waals surface area contributed by atoms with Crippen molar-refractivity contribution in [2.45, 2.75) is 93.7 Å². The number of carbonyl (C=O) groups excluding carboxylic acids is 7. The first-order valence-electron chi connectivity index (χ1n) is 24.6. The maximum Gasteiger partial charge on any atom is 0.327 e. The highest BCUT2D eigenvalue weighted by molar-refractivity contribution is 8.76. The molecule has 0 aliphatic carbocycles. The monoisotopic (exact) mass is 1080 g/mol. The Bertz CT molecular complexity index is 2770. The second-order valence-corrected chi connectivity index (χ2v) is 20.6. The van der Waals surface area contributed by atoms with Crippen molar-refractivity contribution in [1.29, 1.82) is 5.41 Å². The molecule has 0 bridgehead atoms. The average molecular weight is 1080 g/mol. The van der Waals surface area contributed by atoms with Gasteiger partial charge in [0.05, 0.1) is 18.1 Å². The van der Waals surface area contributed by atoms with Crippen LogP contribution in [0.3, 0.4) is 0 Å². The lowest BCUT2D eigenvalue weighted by Crippen LogP contribution is -2.60. The summed E-state index contributed by atoms with van der Waals surface area (Å²) in [5.41, 5.74) is 15.1. The average Bonchev–Trinajstić information content (AvgIpc) is 4.08. The number of carbonyl (C=O) groups is 8. The lowest BCUT2D eigenvalue weighted by atomic mass is 10.0. The van der Waals surface area contributed by atoms with Crippen molar-refractivity contribution in [2.75, 3.05) is 24.6 Å². The van der Waals surface area contributed by atoms with E-state index in [1.165, 1.54) is 12.5 Å². The highest BCUT2D eigenvalue weighted by Gasteiger charge is 2.34. The molecule has 0 unspecified atom stereocenters. The van der Waals surface area contributed by atoms with Gasteiger partial charge in [0.25, 0.3) is 0 Å². The van der Waals surface area contributed by atoms with Crippen LogP contribution in [0, 0.1) is 5.41 Å². The van der Waals surface area contributed by atoms with Crippen LogP contribution in [0.1, 0.15) is 48.1 Å². The SMILES string of the molecule is N=C(N)NCCC[C@@H]1NC(=O)[C@@H](Cc2ccccc2)NC(=O)[C@H](Cc2c[nH]cn2)NC(=O)[C@@H](NC(=O)[C@@H](N)Cc2ccccc2)CSSC[C@H](C(=O)O)NC(=O)CCCNC(=O)[C@H](Cc2c[nH]c3ccccc23)NC1=O. The third-order valence-corrected chi connectivity index (χ3v) is 14.6. The second kappa shape index (κ2) is 29.3. The van der Waals surface area contributed by atoms with Crippen LogP contribution in [0.15, 0.2) is 104 Å². The Morgan fingerprint density at radius 1 is 0.737 bits per heavy atom. The number of nitrogens with zero attached hydrogens (tertiary/aromatic N) is 1. The van der Waals surface area contributed by atoms with E-state index < -0.39 is 89.6 Å². The summed E-state index contributed by atoms with van der Waals surface area (Å²) in [5, 5.41) is 40.3. The zero-order valence-corrected chi connectivity index (χ0v) is 43.1. The van der Waals surface area contributed by atoms with E-state index in [1.54, 1.807) is 60.8 Å². The Kier molecular flexibility index (Phi) is 22.1. The Labute approximate surface area is 446 Å². The number of aliphatic carboxylic acids is 1. The number of imidazole rings is 1. The summed E-state index contributed by atoms with van der Waals surface area (Å²) in [6, 6.07) is 16.1. The molecule has 1 aliphatic rings. The lowest BCUT2D eigenvalue weighted by molar-refractivity contribution is -0.141. The van der Waals surface area contributed by atoms with Gasteiger partial charge in [0, 0.05) is 73.6 Å². The van der Waals surface area contributed by atoms with Crippen LogP contribution in [0.5, 0.6) is 0 Å². The number of nitrogens with two attached hydrogens (primary N) is 2. The van der Waals surface area contributed by atoms with Crippen LogP contribution >= 0.6 is 21.6 Å². The normalized spacial score (nSPS) is 21.4. The number of carboxylic acid groups (broad SMARTS) is 1. The first-order valence-corrected chi connectivity index (χ1v) is 27.1. The molecule has 6 rings (SSSR count). The summed E-state index contributed by atoms with van der Waals surface area (Å²) in [5.74, 6) is -7.01. The molecule has 0 saturated carbocycles. The van der Waals surface area contributed by atoms with Crippen LogP contribution in [0.2, 0.25) is 0 Å². The molecule has 1 aliphatic heterocycles. The van der Waals surface area contributed by atoms with Crippen molar-refractivity contribution < 1.29 is 43.5 Å². The van der Waals surface area contributed by atoms with Gasteiger partial charge in [0.2, 0.25) is 41.4 Å². The van der Waals surface area contributed by atoms with Crippen molar-refractivity contribution in [1.82, 2.24) is 57.5 Å². The zero-order chi connectivity index (χ0) is 54.4. The van der Waals surface area contributed by atoms with Crippen molar-refractivity contribution in [3.8, 4) is 0 Å². The van der Waals surface area contributed by atoms with E-state index >= 15 is 0 Å². The molecule has 3 aromatic carbocycles. The third-order valence-electron chi connectivity index (χ3n) is 12.2. The first kappa shape index (κ1) is 57.4. The van der Waals surface area contributed by atoms with Gasteiger partial charge in [-0.2, -0.15) is 0 Å². The van der Waals surface area contributed by atoms with Crippen LogP contribution in [-0.4, -0.2) is 140 Å². The number of aromatic nitrogens is 3.